The van der Waals surface area contributed by atoms with Crippen molar-refractivity contribution in [3.63, 3.8) is 0 Å². The number of amides is 2. The Kier molecular flexibility index (Phi) is 8.87. The van der Waals surface area contributed by atoms with E-state index in [1.807, 2.05) is 13.8 Å². The van der Waals surface area contributed by atoms with Crippen molar-refractivity contribution in [1.82, 2.24) is 10.6 Å². The number of likely N-dealkylation sites (N-methyl/N-ethyl adjacent to an activating group) is 1. The molecule has 0 bridgehead atoms. The van der Waals surface area contributed by atoms with Crippen LogP contribution in [0, 0.1) is 0 Å². The van der Waals surface area contributed by atoms with E-state index in [9.17, 15) is 14.4 Å². The molecule has 27 heavy (non-hydrogen) atoms. The second-order valence-corrected chi connectivity index (χ2v) is 6.32. The molecule has 0 aliphatic carbocycles. The number of methoxy groups -OCH3 is 1. The molecule has 0 spiro atoms. The van der Waals surface area contributed by atoms with E-state index in [0.29, 0.717) is 12.3 Å². The molecular formula is C18H25ClN2O6. The molecule has 1 aromatic carbocycles. The highest BCUT2D eigenvalue weighted by Gasteiger charge is 2.20. The van der Waals surface area contributed by atoms with Crippen molar-refractivity contribution < 1.29 is 28.6 Å². The van der Waals surface area contributed by atoms with Gasteiger partial charge >= 0.3 is 5.97 Å². The van der Waals surface area contributed by atoms with Gasteiger partial charge in [0.15, 0.2) is 18.1 Å². The normalized spacial score (nSPS) is 11.5. The lowest BCUT2D eigenvalue weighted by molar-refractivity contribution is -0.130. The number of esters is 1. The third kappa shape index (κ3) is 6.97. The number of halogens is 1. The van der Waals surface area contributed by atoms with Crippen molar-refractivity contribution in [2.24, 2.45) is 0 Å². The average Bonchev–Trinajstić information content (AvgIpc) is 2.60. The van der Waals surface area contributed by atoms with Gasteiger partial charge in [0.25, 0.3) is 5.91 Å². The summed E-state index contributed by atoms with van der Waals surface area (Å²) in [6.45, 7) is 6.88. The fourth-order valence-electron chi connectivity index (χ4n) is 2.08. The van der Waals surface area contributed by atoms with Crippen LogP contribution in [0.4, 0.5) is 0 Å². The van der Waals surface area contributed by atoms with Crippen LogP contribution >= 0.6 is 11.6 Å². The summed E-state index contributed by atoms with van der Waals surface area (Å²) < 4.78 is 15.7. The molecule has 0 fully saturated rings. The minimum Gasteiger partial charge on any atom is -0.493 e. The minimum absolute atomic E-state index is 0.109. The Morgan fingerprint density at radius 2 is 1.85 bits per heavy atom. The lowest BCUT2D eigenvalue weighted by Gasteiger charge is -2.16. The van der Waals surface area contributed by atoms with E-state index in [2.05, 4.69) is 10.6 Å². The number of hydrogen-bond acceptors (Lipinski definition) is 6. The number of ether oxygens (including phenoxy) is 3. The summed E-state index contributed by atoms with van der Waals surface area (Å²) in [4.78, 5) is 35.6. The topological polar surface area (TPSA) is 103 Å². The number of rotatable bonds is 9. The van der Waals surface area contributed by atoms with Gasteiger partial charge in [0.2, 0.25) is 5.91 Å². The van der Waals surface area contributed by atoms with Crippen LogP contribution in [0.5, 0.6) is 11.5 Å². The van der Waals surface area contributed by atoms with Gasteiger partial charge in [-0.2, -0.15) is 0 Å². The van der Waals surface area contributed by atoms with Gasteiger partial charge in [-0.05, 0) is 39.8 Å². The predicted octanol–water partition coefficient (Wildman–Crippen LogP) is 1.93. The molecule has 0 aromatic heterocycles. The Bertz CT molecular complexity index is 693. The van der Waals surface area contributed by atoms with E-state index < -0.39 is 24.5 Å². The predicted molar refractivity (Wildman–Crippen MR) is 100 cm³/mol. The molecule has 0 radical (unpaired) electrons. The van der Waals surface area contributed by atoms with E-state index in [1.165, 1.54) is 26.2 Å². The SMILES string of the molecule is CCNC(=O)[C@H](C)NC(=O)COC(=O)c1cc(Cl)c(OC(C)C)c(OC)c1. The number of carbonyl (C=O) groups excluding carboxylic acids is 3. The first-order valence-electron chi connectivity index (χ1n) is 8.47. The van der Waals surface area contributed by atoms with Crippen molar-refractivity contribution in [2.45, 2.75) is 39.8 Å². The molecule has 0 unspecified atom stereocenters. The Morgan fingerprint density at radius 3 is 2.41 bits per heavy atom. The molecule has 9 heteroatoms. The third-order valence-electron chi connectivity index (χ3n) is 3.27. The molecule has 0 aliphatic heterocycles. The molecular weight excluding hydrogens is 376 g/mol. The van der Waals surface area contributed by atoms with Crippen molar-refractivity contribution >= 4 is 29.4 Å². The first-order chi connectivity index (χ1) is 12.7. The van der Waals surface area contributed by atoms with E-state index in [4.69, 9.17) is 25.8 Å². The van der Waals surface area contributed by atoms with Gasteiger partial charge in [0, 0.05) is 6.54 Å². The molecule has 0 aliphatic rings. The van der Waals surface area contributed by atoms with Crippen molar-refractivity contribution in [3.8, 4) is 11.5 Å². The molecule has 2 amide bonds. The summed E-state index contributed by atoms with van der Waals surface area (Å²) in [7, 11) is 1.42. The largest absolute Gasteiger partial charge is 0.493 e. The number of benzene rings is 1. The van der Waals surface area contributed by atoms with Crippen LogP contribution in [0.2, 0.25) is 5.02 Å². The number of nitrogens with one attached hydrogen (secondary N) is 2. The maximum atomic E-state index is 12.2. The highest BCUT2D eigenvalue weighted by atomic mass is 35.5. The summed E-state index contributed by atoms with van der Waals surface area (Å²) in [5.41, 5.74) is 0.109. The lowest BCUT2D eigenvalue weighted by Crippen LogP contribution is -2.46. The molecule has 1 rings (SSSR count). The van der Waals surface area contributed by atoms with Gasteiger partial charge in [-0.25, -0.2) is 4.79 Å². The Hall–Kier alpha value is -2.48. The van der Waals surface area contributed by atoms with Gasteiger partial charge in [0.1, 0.15) is 6.04 Å². The fourth-order valence-corrected chi connectivity index (χ4v) is 2.33. The summed E-state index contributed by atoms with van der Waals surface area (Å²) in [6, 6.07) is 2.05. The van der Waals surface area contributed by atoms with E-state index >= 15 is 0 Å². The Balaban J connectivity index is 2.73. The van der Waals surface area contributed by atoms with Gasteiger partial charge in [-0.15, -0.1) is 0 Å². The molecule has 2 N–H and O–H groups in total. The molecule has 150 valence electrons. The zero-order valence-electron chi connectivity index (χ0n) is 16.1. The molecule has 8 nitrogen and oxygen atoms in total. The lowest BCUT2D eigenvalue weighted by atomic mass is 10.2. The molecule has 1 atom stereocenters. The molecule has 0 saturated heterocycles. The number of hydrogen-bond donors (Lipinski definition) is 2. The Morgan fingerprint density at radius 1 is 1.19 bits per heavy atom. The van der Waals surface area contributed by atoms with Crippen LogP contribution in [0.15, 0.2) is 12.1 Å². The monoisotopic (exact) mass is 400 g/mol. The summed E-state index contributed by atoms with van der Waals surface area (Å²) in [6.07, 6.45) is -0.134. The van der Waals surface area contributed by atoms with Gasteiger partial charge in [-0.1, -0.05) is 11.6 Å². The zero-order chi connectivity index (χ0) is 20.6. The maximum Gasteiger partial charge on any atom is 0.338 e. The van der Waals surface area contributed by atoms with Crippen LogP contribution < -0.4 is 20.1 Å². The van der Waals surface area contributed by atoms with E-state index in [0.717, 1.165) is 0 Å². The first kappa shape index (κ1) is 22.6. The van der Waals surface area contributed by atoms with E-state index in [1.54, 1.807) is 6.92 Å². The zero-order valence-corrected chi connectivity index (χ0v) is 16.8. The summed E-state index contributed by atoms with van der Waals surface area (Å²) in [5.74, 6) is -1.09. The fraction of sp³-hybridized carbons (Fsp3) is 0.500. The van der Waals surface area contributed by atoms with Gasteiger partial charge in [0.05, 0.1) is 23.8 Å². The second kappa shape index (κ2) is 10.6. The quantitative estimate of drug-likeness (QED) is 0.614. The van der Waals surface area contributed by atoms with Crippen molar-refractivity contribution in [2.75, 3.05) is 20.3 Å². The second-order valence-electron chi connectivity index (χ2n) is 5.92. The highest BCUT2D eigenvalue weighted by molar-refractivity contribution is 6.32. The van der Waals surface area contributed by atoms with Crippen LogP contribution in [-0.2, 0) is 14.3 Å². The van der Waals surface area contributed by atoms with Crippen LogP contribution in [0.25, 0.3) is 0 Å². The molecule has 0 heterocycles. The van der Waals surface area contributed by atoms with Crippen LogP contribution in [0.1, 0.15) is 38.1 Å². The van der Waals surface area contributed by atoms with Crippen LogP contribution in [0.3, 0.4) is 0 Å². The third-order valence-corrected chi connectivity index (χ3v) is 3.56. The maximum absolute atomic E-state index is 12.2. The molecule has 0 saturated carbocycles. The van der Waals surface area contributed by atoms with Crippen LogP contribution in [-0.4, -0.2) is 50.2 Å². The van der Waals surface area contributed by atoms with Crippen molar-refractivity contribution in [1.29, 1.82) is 0 Å². The van der Waals surface area contributed by atoms with Gasteiger partial charge < -0.3 is 24.8 Å². The highest BCUT2D eigenvalue weighted by Crippen LogP contribution is 2.37. The summed E-state index contributed by atoms with van der Waals surface area (Å²) >= 11 is 6.16. The average molecular weight is 401 g/mol. The minimum atomic E-state index is -0.757. The first-order valence-corrected chi connectivity index (χ1v) is 8.85. The summed E-state index contributed by atoms with van der Waals surface area (Å²) in [5, 5.41) is 5.20. The smallest absolute Gasteiger partial charge is 0.338 e. The molecule has 1 aromatic rings. The van der Waals surface area contributed by atoms with E-state index in [-0.39, 0.29) is 28.3 Å². The number of carbonyl (C=O) groups is 3. The van der Waals surface area contributed by atoms with Gasteiger partial charge in [-0.3, -0.25) is 9.59 Å². The van der Waals surface area contributed by atoms with Crippen molar-refractivity contribution in [3.05, 3.63) is 22.7 Å². The standard InChI is InChI=1S/C18H25ClN2O6/c1-6-20-17(23)11(4)21-15(22)9-26-18(24)12-7-13(19)16(27-10(2)3)14(8-12)25-5/h7-8,10-11H,6,9H2,1-5H3,(H,20,23)(H,21,22)/t11-/m0/s1. The Labute approximate surface area is 163 Å².